The first-order valence-electron chi connectivity index (χ1n) is 4.99. The molecule has 1 fully saturated rings. The Bertz CT molecular complexity index is 313. The minimum Gasteiger partial charge on any atom is -0.347 e. The second-order valence-electron chi connectivity index (χ2n) is 3.94. The molecule has 14 heavy (non-hydrogen) atoms. The number of nitrogens with one attached hydrogen (secondary N) is 1. The van der Waals surface area contributed by atoms with E-state index in [0.717, 1.165) is 18.3 Å². The van der Waals surface area contributed by atoms with Crippen molar-refractivity contribution in [3.63, 3.8) is 0 Å². The third-order valence-corrected chi connectivity index (χ3v) is 2.40. The molecule has 78 valence electrons. The van der Waals surface area contributed by atoms with Crippen molar-refractivity contribution in [2.45, 2.75) is 25.4 Å². The molecule has 1 aliphatic rings. The third kappa shape index (κ3) is 1.59. The number of anilines is 1. The van der Waals surface area contributed by atoms with Crippen LogP contribution in [0.25, 0.3) is 0 Å². The van der Waals surface area contributed by atoms with Crippen LogP contribution < -0.4 is 10.2 Å². The highest BCUT2D eigenvalue weighted by Gasteiger charge is 2.29. The van der Waals surface area contributed by atoms with Gasteiger partial charge in [-0.25, -0.2) is 0 Å². The minimum atomic E-state index is 0.630. The molecule has 0 saturated heterocycles. The largest absolute Gasteiger partial charge is 0.347 e. The lowest BCUT2D eigenvalue weighted by Crippen LogP contribution is -2.17. The Balaban J connectivity index is 2.31. The maximum atomic E-state index is 4.20. The van der Waals surface area contributed by atoms with Crippen LogP contribution in [-0.4, -0.2) is 35.9 Å². The molecule has 0 radical (unpaired) electrons. The molecule has 0 unspecified atom stereocenters. The molecule has 0 bridgehead atoms. The fourth-order valence-electron chi connectivity index (χ4n) is 1.60. The molecule has 1 heterocycles. The van der Waals surface area contributed by atoms with Gasteiger partial charge in [-0.3, -0.25) is 4.57 Å². The molecule has 0 amide bonds. The van der Waals surface area contributed by atoms with Crippen LogP contribution >= 0.6 is 0 Å². The van der Waals surface area contributed by atoms with Crippen molar-refractivity contribution in [1.29, 1.82) is 0 Å². The SMILES string of the molecule is CNCc1nnc(N(C)C)n1C1CC1. The van der Waals surface area contributed by atoms with Gasteiger partial charge in [-0.05, 0) is 19.9 Å². The summed E-state index contributed by atoms with van der Waals surface area (Å²) >= 11 is 0. The van der Waals surface area contributed by atoms with E-state index in [-0.39, 0.29) is 0 Å². The third-order valence-electron chi connectivity index (χ3n) is 2.40. The highest BCUT2D eigenvalue weighted by Crippen LogP contribution is 2.38. The Morgan fingerprint density at radius 3 is 2.64 bits per heavy atom. The first kappa shape index (κ1) is 9.45. The second-order valence-corrected chi connectivity index (χ2v) is 3.94. The molecule has 0 aromatic carbocycles. The van der Waals surface area contributed by atoms with Crippen LogP contribution in [0.2, 0.25) is 0 Å². The summed E-state index contributed by atoms with van der Waals surface area (Å²) in [5.74, 6) is 2.01. The zero-order valence-corrected chi connectivity index (χ0v) is 8.99. The molecule has 5 nitrogen and oxygen atoms in total. The zero-order valence-electron chi connectivity index (χ0n) is 8.99. The summed E-state index contributed by atoms with van der Waals surface area (Å²) in [5.41, 5.74) is 0. The van der Waals surface area contributed by atoms with Crippen LogP contribution in [0.15, 0.2) is 0 Å². The second kappa shape index (κ2) is 3.57. The summed E-state index contributed by atoms with van der Waals surface area (Å²) in [6.45, 7) is 0.789. The smallest absolute Gasteiger partial charge is 0.227 e. The van der Waals surface area contributed by atoms with Crippen molar-refractivity contribution in [3.8, 4) is 0 Å². The summed E-state index contributed by atoms with van der Waals surface area (Å²) in [6.07, 6.45) is 2.52. The summed E-state index contributed by atoms with van der Waals surface area (Å²) in [6, 6.07) is 0.630. The lowest BCUT2D eigenvalue weighted by molar-refractivity contribution is 0.642. The van der Waals surface area contributed by atoms with Crippen LogP contribution in [0, 0.1) is 0 Å². The number of hydrogen-bond acceptors (Lipinski definition) is 4. The van der Waals surface area contributed by atoms with Gasteiger partial charge in [0.05, 0.1) is 6.54 Å². The lowest BCUT2D eigenvalue weighted by atomic mass is 10.5. The van der Waals surface area contributed by atoms with Crippen LogP contribution in [0.5, 0.6) is 0 Å². The number of nitrogens with zero attached hydrogens (tertiary/aromatic N) is 4. The average molecular weight is 195 g/mol. The van der Waals surface area contributed by atoms with Crippen molar-refractivity contribution >= 4 is 5.95 Å². The van der Waals surface area contributed by atoms with Crippen LogP contribution in [0.3, 0.4) is 0 Å². The Kier molecular flexibility index (Phi) is 2.41. The molecule has 1 aromatic heterocycles. The molecule has 1 aromatic rings. The van der Waals surface area contributed by atoms with Gasteiger partial charge < -0.3 is 10.2 Å². The molecule has 5 heteroatoms. The Hall–Kier alpha value is -1.10. The Morgan fingerprint density at radius 1 is 1.43 bits per heavy atom. The highest BCUT2D eigenvalue weighted by molar-refractivity contribution is 5.30. The number of rotatable bonds is 4. The zero-order chi connectivity index (χ0) is 10.1. The summed E-state index contributed by atoms with van der Waals surface area (Å²) in [7, 11) is 5.94. The van der Waals surface area contributed by atoms with Gasteiger partial charge in [0.15, 0.2) is 0 Å². The predicted molar refractivity (Wildman–Crippen MR) is 55.4 cm³/mol. The Labute approximate surface area is 84.1 Å². The molecule has 0 spiro atoms. The van der Waals surface area contributed by atoms with E-state index in [1.54, 1.807) is 0 Å². The summed E-state index contributed by atoms with van der Waals surface area (Å²) < 4.78 is 2.25. The van der Waals surface area contributed by atoms with Gasteiger partial charge in [0.25, 0.3) is 0 Å². The molecule has 2 rings (SSSR count). The van der Waals surface area contributed by atoms with Gasteiger partial charge in [0.2, 0.25) is 5.95 Å². The van der Waals surface area contributed by atoms with Crippen molar-refractivity contribution in [2.24, 2.45) is 0 Å². The van der Waals surface area contributed by atoms with Crippen molar-refractivity contribution in [3.05, 3.63) is 5.82 Å². The van der Waals surface area contributed by atoms with E-state index >= 15 is 0 Å². The van der Waals surface area contributed by atoms with Crippen molar-refractivity contribution < 1.29 is 0 Å². The molecule has 1 saturated carbocycles. The maximum Gasteiger partial charge on any atom is 0.227 e. The molecule has 1 N–H and O–H groups in total. The standard InChI is InChI=1S/C9H17N5/c1-10-6-8-11-12-9(13(2)3)14(8)7-4-5-7/h7,10H,4-6H2,1-3H3. The molecule has 0 atom stereocenters. The Morgan fingerprint density at radius 2 is 2.14 bits per heavy atom. The number of aromatic nitrogens is 3. The lowest BCUT2D eigenvalue weighted by Gasteiger charge is -2.14. The van der Waals surface area contributed by atoms with E-state index in [4.69, 9.17) is 0 Å². The summed E-state index contributed by atoms with van der Waals surface area (Å²) in [4.78, 5) is 2.02. The van der Waals surface area contributed by atoms with Crippen molar-refractivity contribution in [1.82, 2.24) is 20.1 Å². The molecule has 1 aliphatic carbocycles. The van der Waals surface area contributed by atoms with Gasteiger partial charge in [-0.15, -0.1) is 10.2 Å². The first-order valence-corrected chi connectivity index (χ1v) is 4.99. The van der Waals surface area contributed by atoms with E-state index in [0.29, 0.717) is 6.04 Å². The van der Waals surface area contributed by atoms with Crippen LogP contribution in [-0.2, 0) is 6.54 Å². The van der Waals surface area contributed by atoms with E-state index in [1.807, 2.05) is 26.0 Å². The number of hydrogen-bond donors (Lipinski definition) is 1. The molecular formula is C9H17N5. The topological polar surface area (TPSA) is 46.0 Å². The average Bonchev–Trinajstić information content (AvgIpc) is 2.88. The minimum absolute atomic E-state index is 0.630. The van der Waals surface area contributed by atoms with E-state index in [2.05, 4.69) is 20.1 Å². The monoisotopic (exact) mass is 195 g/mol. The summed E-state index contributed by atoms with van der Waals surface area (Å²) in [5, 5.41) is 11.5. The first-order chi connectivity index (χ1) is 6.74. The van der Waals surface area contributed by atoms with Crippen LogP contribution in [0.1, 0.15) is 24.7 Å². The normalized spacial score (nSPS) is 15.9. The van der Waals surface area contributed by atoms with Gasteiger partial charge in [-0.2, -0.15) is 0 Å². The fourth-order valence-corrected chi connectivity index (χ4v) is 1.60. The quantitative estimate of drug-likeness (QED) is 0.755. The highest BCUT2D eigenvalue weighted by atomic mass is 15.4. The van der Waals surface area contributed by atoms with E-state index in [1.165, 1.54) is 12.8 Å². The van der Waals surface area contributed by atoms with Gasteiger partial charge in [0, 0.05) is 20.1 Å². The van der Waals surface area contributed by atoms with Crippen LogP contribution in [0.4, 0.5) is 5.95 Å². The maximum absolute atomic E-state index is 4.20. The van der Waals surface area contributed by atoms with E-state index < -0.39 is 0 Å². The molecule has 0 aliphatic heterocycles. The fraction of sp³-hybridized carbons (Fsp3) is 0.778. The van der Waals surface area contributed by atoms with Gasteiger partial charge in [-0.1, -0.05) is 0 Å². The predicted octanol–water partition coefficient (Wildman–Crippen LogP) is 0.398. The van der Waals surface area contributed by atoms with Gasteiger partial charge in [0.1, 0.15) is 5.82 Å². The van der Waals surface area contributed by atoms with E-state index in [9.17, 15) is 0 Å². The van der Waals surface area contributed by atoms with Crippen molar-refractivity contribution in [2.75, 3.05) is 26.0 Å². The molecular weight excluding hydrogens is 178 g/mol. The van der Waals surface area contributed by atoms with Gasteiger partial charge >= 0.3 is 0 Å².